The molecule has 0 aliphatic carbocycles. The van der Waals surface area contributed by atoms with Crippen molar-refractivity contribution in [3.05, 3.63) is 34.3 Å². The fourth-order valence-electron chi connectivity index (χ4n) is 1.33. The van der Waals surface area contributed by atoms with Crippen molar-refractivity contribution in [1.82, 2.24) is 0 Å². The Morgan fingerprint density at radius 2 is 2.23 bits per heavy atom. The van der Waals surface area contributed by atoms with Crippen molar-refractivity contribution in [2.45, 2.75) is 4.90 Å². The van der Waals surface area contributed by atoms with E-state index in [0.717, 1.165) is 10.0 Å². The summed E-state index contributed by atoms with van der Waals surface area (Å²) in [6.07, 6.45) is 3.71. The van der Waals surface area contributed by atoms with E-state index in [1.165, 1.54) is 0 Å². The molecule has 0 amide bonds. The first-order valence-electron chi connectivity index (χ1n) is 3.82. The minimum Gasteiger partial charge on any atom is -0.249 e. The molecule has 0 aromatic heterocycles. The largest absolute Gasteiger partial charge is 0.249 e. The highest BCUT2D eigenvalue weighted by Crippen LogP contribution is 2.26. The summed E-state index contributed by atoms with van der Waals surface area (Å²) >= 11 is 3.31. The van der Waals surface area contributed by atoms with Crippen LogP contribution in [-0.4, -0.2) is 9.96 Å². The molecule has 1 heterocycles. The predicted molar refractivity (Wildman–Crippen MR) is 57.2 cm³/mol. The zero-order valence-corrected chi connectivity index (χ0v) is 9.19. The summed E-state index contributed by atoms with van der Waals surface area (Å²) in [7, 11) is -2.58. The maximum atomic E-state index is 11.8. The first-order valence-corrected chi connectivity index (χ1v) is 6.34. The molecular weight excluding hydrogens is 250 g/mol. The van der Waals surface area contributed by atoms with Crippen LogP contribution >= 0.6 is 15.9 Å². The standard InChI is InChI=1S/C9H8BrNOS/c10-8-4-3-7-2-1-5-13(11,12)9(7)6-8/h1-4,6,11H,5H2. The third-order valence-corrected chi connectivity index (χ3v) is 4.18. The lowest BCUT2D eigenvalue weighted by atomic mass is 10.2. The Kier molecular flexibility index (Phi) is 2.04. The number of hydrogen-bond acceptors (Lipinski definition) is 2. The van der Waals surface area contributed by atoms with Gasteiger partial charge >= 0.3 is 0 Å². The maximum Gasteiger partial charge on any atom is 0.0768 e. The maximum absolute atomic E-state index is 11.8. The van der Waals surface area contributed by atoms with Crippen molar-refractivity contribution in [2.24, 2.45) is 0 Å². The van der Waals surface area contributed by atoms with Gasteiger partial charge in [0.2, 0.25) is 0 Å². The van der Waals surface area contributed by atoms with Gasteiger partial charge in [0.25, 0.3) is 0 Å². The second-order valence-electron chi connectivity index (χ2n) is 2.93. The zero-order valence-electron chi connectivity index (χ0n) is 6.79. The first kappa shape index (κ1) is 8.97. The molecule has 2 nitrogen and oxygen atoms in total. The van der Waals surface area contributed by atoms with Crippen molar-refractivity contribution in [3.8, 4) is 0 Å². The van der Waals surface area contributed by atoms with Crippen molar-refractivity contribution in [1.29, 1.82) is 4.78 Å². The van der Waals surface area contributed by atoms with Gasteiger partial charge in [0.1, 0.15) is 0 Å². The van der Waals surface area contributed by atoms with E-state index in [1.54, 1.807) is 12.1 Å². The molecule has 0 fully saturated rings. The summed E-state index contributed by atoms with van der Waals surface area (Å²) in [6.45, 7) is 0. The van der Waals surface area contributed by atoms with Crippen LogP contribution in [0.1, 0.15) is 5.56 Å². The van der Waals surface area contributed by atoms with Crippen LogP contribution in [0.2, 0.25) is 0 Å². The van der Waals surface area contributed by atoms with Crippen LogP contribution in [0.4, 0.5) is 0 Å². The summed E-state index contributed by atoms with van der Waals surface area (Å²) in [5.41, 5.74) is 0.898. The number of nitrogens with one attached hydrogen (secondary N) is 1. The number of rotatable bonds is 0. The summed E-state index contributed by atoms with van der Waals surface area (Å²) in [4.78, 5) is 0.643. The second kappa shape index (κ2) is 2.96. The van der Waals surface area contributed by atoms with Gasteiger partial charge in [-0.05, 0) is 17.7 Å². The van der Waals surface area contributed by atoms with E-state index in [0.29, 0.717) is 10.6 Å². The Bertz CT molecular complexity index is 476. The van der Waals surface area contributed by atoms with Gasteiger partial charge in [0, 0.05) is 4.47 Å². The number of halogens is 1. The number of benzene rings is 1. The van der Waals surface area contributed by atoms with Gasteiger partial charge < -0.3 is 0 Å². The van der Waals surface area contributed by atoms with Crippen LogP contribution in [0, 0.1) is 4.78 Å². The lowest BCUT2D eigenvalue weighted by Gasteiger charge is -2.13. The number of hydrogen-bond donors (Lipinski definition) is 1. The molecule has 4 heteroatoms. The third-order valence-electron chi connectivity index (χ3n) is 1.96. The molecule has 0 bridgehead atoms. The molecule has 2 rings (SSSR count). The lowest BCUT2D eigenvalue weighted by molar-refractivity contribution is 0.676. The van der Waals surface area contributed by atoms with E-state index in [9.17, 15) is 4.21 Å². The van der Waals surface area contributed by atoms with Crippen molar-refractivity contribution >= 4 is 31.7 Å². The fraction of sp³-hybridized carbons (Fsp3) is 0.111. The van der Waals surface area contributed by atoms with Gasteiger partial charge in [-0.2, -0.15) is 0 Å². The summed E-state index contributed by atoms with van der Waals surface area (Å²) in [6, 6.07) is 5.54. The molecule has 1 atom stereocenters. The molecule has 1 aromatic rings. The van der Waals surface area contributed by atoms with E-state index in [1.807, 2.05) is 18.2 Å². The molecular formula is C9H8BrNOS. The highest BCUT2D eigenvalue weighted by atomic mass is 79.9. The average Bonchev–Trinajstić information content (AvgIpc) is 2.06. The SMILES string of the molecule is N=S1(=O)CC=Cc2ccc(Br)cc21. The van der Waals surface area contributed by atoms with Crippen LogP contribution in [-0.2, 0) is 9.73 Å². The Balaban J connectivity index is 2.77. The third kappa shape index (κ3) is 1.56. The molecule has 13 heavy (non-hydrogen) atoms. The number of fused-ring (bicyclic) bond motifs is 1. The van der Waals surface area contributed by atoms with Gasteiger partial charge in [-0.25, -0.2) is 8.99 Å². The minimum atomic E-state index is -2.58. The van der Waals surface area contributed by atoms with Gasteiger partial charge in [0.05, 0.1) is 20.4 Å². The van der Waals surface area contributed by atoms with E-state index in [2.05, 4.69) is 15.9 Å². The van der Waals surface area contributed by atoms with Crippen LogP contribution in [0.25, 0.3) is 6.08 Å². The lowest BCUT2D eigenvalue weighted by Crippen LogP contribution is -2.08. The molecule has 1 unspecified atom stereocenters. The van der Waals surface area contributed by atoms with Crippen molar-refractivity contribution < 1.29 is 4.21 Å². The van der Waals surface area contributed by atoms with Crippen molar-refractivity contribution in [3.63, 3.8) is 0 Å². The molecule has 1 aliphatic rings. The van der Waals surface area contributed by atoms with Gasteiger partial charge in [-0.1, -0.05) is 34.1 Å². The Hall–Kier alpha value is -0.610. The molecule has 1 N–H and O–H groups in total. The quantitative estimate of drug-likeness (QED) is 0.763. The van der Waals surface area contributed by atoms with Gasteiger partial charge in [0.15, 0.2) is 0 Å². The van der Waals surface area contributed by atoms with Crippen LogP contribution in [0.15, 0.2) is 33.6 Å². The molecule has 1 aliphatic heterocycles. The molecule has 0 radical (unpaired) electrons. The topological polar surface area (TPSA) is 40.9 Å². The molecule has 0 saturated heterocycles. The summed E-state index contributed by atoms with van der Waals surface area (Å²) in [5.74, 6) is 0.330. The van der Waals surface area contributed by atoms with Crippen LogP contribution < -0.4 is 0 Å². The normalized spacial score (nSPS) is 25.6. The molecule has 0 saturated carbocycles. The van der Waals surface area contributed by atoms with E-state index in [4.69, 9.17) is 4.78 Å². The second-order valence-corrected chi connectivity index (χ2v) is 5.97. The van der Waals surface area contributed by atoms with Gasteiger partial charge in [-0.3, -0.25) is 0 Å². The van der Waals surface area contributed by atoms with Crippen molar-refractivity contribution in [2.75, 3.05) is 5.75 Å². The Labute approximate surface area is 85.8 Å². The van der Waals surface area contributed by atoms with Gasteiger partial charge in [-0.15, -0.1) is 0 Å². The monoisotopic (exact) mass is 257 g/mol. The Morgan fingerprint density at radius 3 is 3.00 bits per heavy atom. The molecule has 0 spiro atoms. The van der Waals surface area contributed by atoms with E-state index >= 15 is 0 Å². The predicted octanol–water partition coefficient (Wildman–Crippen LogP) is 2.88. The zero-order chi connectivity index (χ0) is 9.47. The van der Waals surface area contributed by atoms with Crippen LogP contribution in [0.5, 0.6) is 0 Å². The van der Waals surface area contributed by atoms with E-state index < -0.39 is 9.73 Å². The van der Waals surface area contributed by atoms with Crippen LogP contribution in [0.3, 0.4) is 0 Å². The summed E-state index contributed by atoms with van der Waals surface area (Å²) < 4.78 is 20.3. The fourth-order valence-corrected chi connectivity index (χ4v) is 3.23. The first-order chi connectivity index (χ1) is 6.09. The molecule has 1 aromatic carbocycles. The average molecular weight is 258 g/mol. The minimum absolute atomic E-state index is 0.330. The molecule has 68 valence electrons. The highest BCUT2D eigenvalue weighted by Gasteiger charge is 2.16. The highest BCUT2D eigenvalue weighted by molar-refractivity contribution is 9.10. The Morgan fingerprint density at radius 1 is 1.46 bits per heavy atom. The van der Waals surface area contributed by atoms with E-state index in [-0.39, 0.29) is 0 Å². The smallest absolute Gasteiger partial charge is 0.0768 e. The summed E-state index contributed by atoms with van der Waals surface area (Å²) in [5, 5.41) is 0.